The van der Waals surface area contributed by atoms with Crippen LogP contribution in [0.5, 0.6) is 5.75 Å². The number of carbonyl (C=O) groups excluding carboxylic acids is 1. The lowest BCUT2D eigenvalue weighted by molar-refractivity contribution is -0.163. The fourth-order valence-corrected chi connectivity index (χ4v) is 1.60. The Morgan fingerprint density at radius 2 is 2.24 bits per heavy atom. The fraction of sp³-hybridized carbons (Fsp3) is 0.364. The minimum absolute atomic E-state index is 0.240. The van der Waals surface area contributed by atoms with Crippen LogP contribution in [0.4, 0.5) is 0 Å². The van der Waals surface area contributed by atoms with E-state index in [1.807, 2.05) is 0 Å². The Balaban J connectivity index is 2.73. The predicted octanol–water partition coefficient (Wildman–Crippen LogP) is 2.41. The molecule has 0 spiro atoms. The van der Waals surface area contributed by atoms with Crippen molar-refractivity contribution in [2.45, 2.75) is 12.5 Å². The average Bonchev–Trinajstić information content (AvgIpc) is 2.29. The monoisotopic (exact) mass is 322 g/mol. The van der Waals surface area contributed by atoms with E-state index < -0.39 is 11.6 Å². The van der Waals surface area contributed by atoms with Gasteiger partial charge in [-0.05, 0) is 25.1 Å². The summed E-state index contributed by atoms with van der Waals surface area (Å²) >= 11 is 9.16. The Hall–Kier alpha value is -0.780. The van der Waals surface area contributed by atoms with Crippen molar-refractivity contribution in [1.29, 1.82) is 0 Å². The first-order chi connectivity index (χ1) is 7.86. The van der Waals surface area contributed by atoms with Gasteiger partial charge in [-0.3, -0.25) is 0 Å². The molecule has 0 heterocycles. The SMILES string of the molecule is COC(=O)C(C)(O)COc1cc(Br)ccc1Cl. The molecule has 0 aliphatic carbocycles. The Morgan fingerprint density at radius 3 is 2.82 bits per heavy atom. The summed E-state index contributed by atoms with van der Waals surface area (Å²) in [4.78, 5) is 11.2. The Labute approximate surface area is 113 Å². The third-order valence-corrected chi connectivity index (χ3v) is 2.83. The number of carbonyl (C=O) groups is 1. The van der Waals surface area contributed by atoms with E-state index in [1.165, 1.54) is 14.0 Å². The molecule has 6 heteroatoms. The highest BCUT2D eigenvalue weighted by molar-refractivity contribution is 9.10. The molecule has 0 aromatic heterocycles. The molecule has 0 aliphatic heterocycles. The first kappa shape index (κ1) is 14.3. The summed E-state index contributed by atoms with van der Waals surface area (Å²) in [6.45, 7) is 1.07. The second kappa shape index (κ2) is 5.71. The van der Waals surface area contributed by atoms with Crippen molar-refractivity contribution in [3.63, 3.8) is 0 Å². The van der Waals surface area contributed by atoms with E-state index in [0.29, 0.717) is 10.8 Å². The number of benzene rings is 1. The van der Waals surface area contributed by atoms with Gasteiger partial charge in [-0.15, -0.1) is 0 Å². The summed E-state index contributed by atoms with van der Waals surface area (Å²) in [7, 11) is 1.20. The normalized spacial score (nSPS) is 13.9. The van der Waals surface area contributed by atoms with Gasteiger partial charge in [-0.2, -0.15) is 0 Å². The van der Waals surface area contributed by atoms with E-state index in [-0.39, 0.29) is 6.61 Å². The number of rotatable bonds is 4. The lowest BCUT2D eigenvalue weighted by Crippen LogP contribution is -2.42. The van der Waals surface area contributed by atoms with E-state index in [2.05, 4.69) is 20.7 Å². The molecular formula is C11H12BrClO4. The zero-order valence-corrected chi connectivity index (χ0v) is 11.7. The smallest absolute Gasteiger partial charge is 0.341 e. The largest absolute Gasteiger partial charge is 0.488 e. The van der Waals surface area contributed by atoms with Gasteiger partial charge in [0, 0.05) is 4.47 Å². The average molecular weight is 324 g/mol. The molecule has 17 heavy (non-hydrogen) atoms. The third kappa shape index (κ3) is 3.87. The predicted molar refractivity (Wildman–Crippen MR) is 67.3 cm³/mol. The number of esters is 1. The molecule has 1 atom stereocenters. The van der Waals surface area contributed by atoms with Crippen LogP contribution >= 0.6 is 27.5 Å². The maximum atomic E-state index is 11.2. The highest BCUT2D eigenvalue weighted by Crippen LogP contribution is 2.28. The second-order valence-corrected chi connectivity index (χ2v) is 4.95. The molecule has 4 nitrogen and oxygen atoms in total. The van der Waals surface area contributed by atoms with Crippen molar-refractivity contribution in [2.75, 3.05) is 13.7 Å². The molecule has 1 unspecified atom stereocenters. The summed E-state index contributed by atoms with van der Waals surface area (Å²) in [6, 6.07) is 5.05. The van der Waals surface area contributed by atoms with Gasteiger partial charge in [0.2, 0.25) is 0 Å². The van der Waals surface area contributed by atoms with Gasteiger partial charge >= 0.3 is 5.97 Å². The Kier molecular flexibility index (Phi) is 4.80. The summed E-state index contributed by atoms with van der Waals surface area (Å²) < 4.78 is 10.5. The fourth-order valence-electron chi connectivity index (χ4n) is 1.08. The molecule has 0 aliphatic rings. The van der Waals surface area contributed by atoms with Crippen LogP contribution in [0.3, 0.4) is 0 Å². The molecule has 0 amide bonds. The van der Waals surface area contributed by atoms with E-state index in [9.17, 15) is 9.90 Å². The van der Waals surface area contributed by atoms with Crippen LogP contribution in [0, 0.1) is 0 Å². The highest BCUT2D eigenvalue weighted by Gasteiger charge is 2.32. The van der Waals surface area contributed by atoms with Gasteiger partial charge < -0.3 is 14.6 Å². The summed E-state index contributed by atoms with van der Waals surface area (Å²) in [5.74, 6) is -0.381. The quantitative estimate of drug-likeness (QED) is 0.865. The molecule has 0 saturated heterocycles. The van der Waals surface area contributed by atoms with Gasteiger partial charge in [0.15, 0.2) is 5.60 Å². The molecular weight excluding hydrogens is 311 g/mol. The number of halogens is 2. The van der Waals surface area contributed by atoms with Crippen molar-refractivity contribution in [2.24, 2.45) is 0 Å². The van der Waals surface area contributed by atoms with E-state index in [0.717, 1.165) is 4.47 Å². The number of hydrogen-bond donors (Lipinski definition) is 1. The van der Waals surface area contributed by atoms with E-state index in [1.54, 1.807) is 18.2 Å². The molecule has 0 saturated carbocycles. The lowest BCUT2D eigenvalue weighted by Gasteiger charge is -2.20. The Morgan fingerprint density at radius 1 is 1.59 bits per heavy atom. The van der Waals surface area contributed by atoms with E-state index in [4.69, 9.17) is 16.3 Å². The van der Waals surface area contributed by atoms with Crippen molar-refractivity contribution in [3.05, 3.63) is 27.7 Å². The van der Waals surface area contributed by atoms with Crippen LogP contribution in [0.25, 0.3) is 0 Å². The molecule has 0 bridgehead atoms. The summed E-state index contributed by atoms with van der Waals surface area (Å²) in [6.07, 6.45) is 0. The minimum atomic E-state index is -1.71. The van der Waals surface area contributed by atoms with Crippen LogP contribution in [0.15, 0.2) is 22.7 Å². The van der Waals surface area contributed by atoms with Crippen molar-refractivity contribution in [3.8, 4) is 5.75 Å². The first-order valence-electron chi connectivity index (χ1n) is 4.75. The molecule has 1 aromatic carbocycles. The van der Waals surface area contributed by atoms with Crippen molar-refractivity contribution < 1.29 is 19.4 Å². The highest BCUT2D eigenvalue weighted by atomic mass is 79.9. The first-order valence-corrected chi connectivity index (χ1v) is 5.92. The zero-order chi connectivity index (χ0) is 13.1. The van der Waals surface area contributed by atoms with Gasteiger partial charge in [-0.25, -0.2) is 4.79 Å². The van der Waals surface area contributed by atoms with Crippen molar-refractivity contribution >= 4 is 33.5 Å². The maximum Gasteiger partial charge on any atom is 0.341 e. The van der Waals surface area contributed by atoms with Crippen LogP contribution < -0.4 is 4.74 Å². The second-order valence-electron chi connectivity index (χ2n) is 3.63. The molecule has 1 aromatic rings. The Bertz CT molecular complexity index is 420. The lowest BCUT2D eigenvalue weighted by atomic mass is 10.1. The summed E-state index contributed by atoms with van der Waals surface area (Å²) in [5, 5.41) is 10.1. The zero-order valence-electron chi connectivity index (χ0n) is 9.37. The number of ether oxygens (including phenoxy) is 2. The number of aliphatic hydroxyl groups is 1. The van der Waals surface area contributed by atoms with Crippen LogP contribution in [0.1, 0.15) is 6.92 Å². The molecule has 0 radical (unpaired) electrons. The van der Waals surface area contributed by atoms with E-state index >= 15 is 0 Å². The van der Waals surface area contributed by atoms with Crippen LogP contribution in [-0.4, -0.2) is 30.4 Å². The van der Waals surface area contributed by atoms with Gasteiger partial charge in [0.25, 0.3) is 0 Å². The molecule has 0 fully saturated rings. The summed E-state index contributed by atoms with van der Waals surface area (Å²) in [5.41, 5.74) is -1.71. The number of hydrogen-bond acceptors (Lipinski definition) is 4. The van der Waals surface area contributed by atoms with Crippen LogP contribution in [-0.2, 0) is 9.53 Å². The van der Waals surface area contributed by atoms with Gasteiger partial charge in [0.1, 0.15) is 12.4 Å². The number of methoxy groups -OCH3 is 1. The topological polar surface area (TPSA) is 55.8 Å². The maximum absolute atomic E-state index is 11.2. The molecule has 94 valence electrons. The molecule has 1 rings (SSSR count). The van der Waals surface area contributed by atoms with Crippen LogP contribution in [0.2, 0.25) is 5.02 Å². The van der Waals surface area contributed by atoms with Gasteiger partial charge in [0.05, 0.1) is 12.1 Å². The standard InChI is InChI=1S/C11H12BrClO4/c1-11(15,10(14)16-2)6-17-9-5-7(12)3-4-8(9)13/h3-5,15H,6H2,1-2H3. The van der Waals surface area contributed by atoms with Crippen molar-refractivity contribution in [1.82, 2.24) is 0 Å². The molecule has 1 N–H and O–H groups in total. The minimum Gasteiger partial charge on any atom is -0.488 e. The third-order valence-electron chi connectivity index (χ3n) is 2.03. The van der Waals surface area contributed by atoms with Gasteiger partial charge in [-0.1, -0.05) is 27.5 Å².